The molecule has 1 N–H and O–H groups in total. The molecular weight excluding hydrogens is 432 g/mol. The summed E-state index contributed by atoms with van der Waals surface area (Å²) >= 11 is 0. The monoisotopic (exact) mass is 462 g/mol. The number of hydrogen-bond donors (Lipinski definition) is 1. The molecule has 0 saturated carbocycles. The normalized spacial score (nSPS) is 18.1. The van der Waals surface area contributed by atoms with Gasteiger partial charge in [-0.3, -0.25) is 4.79 Å². The van der Waals surface area contributed by atoms with Crippen LogP contribution in [0.25, 0.3) is 0 Å². The van der Waals surface area contributed by atoms with E-state index in [1.165, 1.54) is 4.31 Å². The lowest BCUT2D eigenvalue weighted by molar-refractivity contribution is 0.0729. The van der Waals surface area contributed by atoms with Crippen LogP contribution in [0.5, 0.6) is 5.75 Å². The molecule has 2 aromatic rings. The van der Waals surface area contributed by atoms with Crippen molar-refractivity contribution in [1.82, 2.24) is 14.2 Å². The lowest BCUT2D eigenvalue weighted by Gasteiger charge is -2.36. The second kappa shape index (κ2) is 9.13. The number of benzene rings is 1. The van der Waals surface area contributed by atoms with Crippen LogP contribution in [0.15, 0.2) is 29.2 Å². The Morgan fingerprint density at radius 1 is 1.00 bits per heavy atom. The first-order valence-electron chi connectivity index (χ1n) is 10.8. The first-order chi connectivity index (χ1) is 15.3. The van der Waals surface area contributed by atoms with Crippen molar-refractivity contribution in [2.75, 3.05) is 64.5 Å². The molecule has 0 spiro atoms. The number of carbonyl (C=O) groups is 1. The zero-order valence-corrected chi connectivity index (χ0v) is 19.6. The molecule has 0 radical (unpaired) electrons. The maximum Gasteiger partial charge on any atom is 0.270 e. The average Bonchev–Trinajstić information content (AvgIpc) is 3.13. The molecule has 32 heavy (non-hydrogen) atoms. The number of morpholine rings is 1. The predicted molar refractivity (Wildman–Crippen MR) is 121 cm³/mol. The molecule has 0 bridgehead atoms. The maximum absolute atomic E-state index is 13.2. The summed E-state index contributed by atoms with van der Waals surface area (Å²) in [7, 11) is -2.04. The Hall–Kier alpha value is -2.56. The summed E-state index contributed by atoms with van der Waals surface area (Å²) in [6, 6.07) is 7.87. The Morgan fingerprint density at radius 2 is 1.62 bits per heavy atom. The Balaban J connectivity index is 1.48. The Labute approximate surface area is 188 Å². The summed E-state index contributed by atoms with van der Waals surface area (Å²) in [5, 5.41) is 0. The number of nitrogens with zero attached hydrogens (tertiary/aromatic N) is 3. The molecule has 9 nitrogen and oxygen atoms in total. The Kier molecular flexibility index (Phi) is 6.45. The number of ether oxygens (including phenoxy) is 2. The summed E-state index contributed by atoms with van der Waals surface area (Å²) < 4.78 is 38.3. The number of rotatable bonds is 5. The van der Waals surface area contributed by atoms with Gasteiger partial charge in [0.1, 0.15) is 16.3 Å². The fourth-order valence-electron chi connectivity index (χ4n) is 4.37. The number of aryl methyl sites for hydroxylation is 1. The van der Waals surface area contributed by atoms with Crippen LogP contribution in [0, 0.1) is 13.8 Å². The summed E-state index contributed by atoms with van der Waals surface area (Å²) in [4.78, 5) is 20.5. The molecule has 1 aromatic carbocycles. The number of piperazine rings is 1. The number of amides is 1. The molecule has 0 aliphatic carbocycles. The van der Waals surface area contributed by atoms with Crippen LogP contribution in [0.1, 0.15) is 21.7 Å². The number of aromatic nitrogens is 1. The minimum atomic E-state index is -3.68. The number of H-pyrrole nitrogens is 1. The van der Waals surface area contributed by atoms with Gasteiger partial charge in [-0.25, -0.2) is 8.42 Å². The van der Waals surface area contributed by atoms with E-state index in [-0.39, 0.29) is 10.8 Å². The molecule has 174 valence electrons. The Morgan fingerprint density at radius 3 is 2.22 bits per heavy atom. The largest absolute Gasteiger partial charge is 0.497 e. The SMILES string of the molecule is COc1ccc(N2CCN(C(=O)c3[nH]c(C)c(S(=O)(=O)N4CCOCC4)c3C)CC2)cc1. The van der Waals surface area contributed by atoms with Gasteiger partial charge in [0, 0.05) is 50.6 Å². The number of anilines is 1. The first kappa shape index (κ1) is 22.6. The van der Waals surface area contributed by atoms with Crippen LogP contribution in [0.4, 0.5) is 5.69 Å². The van der Waals surface area contributed by atoms with E-state index in [1.807, 2.05) is 24.3 Å². The van der Waals surface area contributed by atoms with Gasteiger partial charge >= 0.3 is 0 Å². The van der Waals surface area contributed by atoms with E-state index in [2.05, 4.69) is 9.88 Å². The highest BCUT2D eigenvalue weighted by atomic mass is 32.2. The van der Waals surface area contributed by atoms with Gasteiger partial charge in [-0.15, -0.1) is 0 Å². The van der Waals surface area contributed by atoms with Crippen LogP contribution in [0.3, 0.4) is 0 Å². The third kappa shape index (κ3) is 4.22. The van der Waals surface area contributed by atoms with Crippen LogP contribution >= 0.6 is 0 Å². The molecule has 4 rings (SSSR count). The highest BCUT2D eigenvalue weighted by molar-refractivity contribution is 7.89. The zero-order valence-electron chi connectivity index (χ0n) is 18.8. The molecule has 1 aromatic heterocycles. The fraction of sp³-hybridized carbons (Fsp3) is 0.500. The van der Waals surface area contributed by atoms with E-state index in [9.17, 15) is 13.2 Å². The topological polar surface area (TPSA) is 95.2 Å². The minimum Gasteiger partial charge on any atom is -0.497 e. The maximum atomic E-state index is 13.2. The molecule has 2 fully saturated rings. The molecular formula is C22H30N4O5S. The molecule has 2 aliphatic heterocycles. The van der Waals surface area contributed by atoms with Crippen molar-refractivity contribution in [3.8, 4) is 5.75 Å². The number of aromatic amines is 1. The molecule has 2 saturated heterocycles. The highest BCUT2D eigenvalue weighted by Crippen LogP contribution is 2.28. The highest BCUT2D eigenvalue weighted by Gasteiger charge is 2.34. The lowest BCUT2D eigenvalue weighted by atomic mass is 10.2. The molecule has 3 heterocycles. The average molecular weight is 463 g/mol. The van der Waals surface area contributed by atoms with Crippen molar-refractivity contribution in [2.24, 2.45) is 0 Å². The molecule has 0 atom stereocenters. The predicted octanol–water partition coefficient (Wildman–Crippen LogP) is 1.62. The molecule has 2 aliphatic rings. The van der Waals surface area contributed by atoms with E-state index in [0.717, 1.165) is 11.4 Å². The third-order valence-electron chi connectivity index (χ3n) is 6.15. The standard InChI is InChI=1S/C22H30N4O5S/c1-16-20(23-17(2)21(16)32(28,29)26-12-14-31-15-13-26)22(27)25-10-8-24(9-11-25)18-4-6-19(30-3)7-5-18/h4-7,23H,8-15H2,1-3H3. The van der Waals surface area contributed by atoms with E-state index >= 15 is 0 Å². The minimum absolute atomic E-state index is 0.164. The van der Waals surface area contributed by atoms with Crippen molar-refractivity contribution >= 4 is 21.6 Å². The van der Waals surface area contributed by atoms with Gasteiger partial charge in [0.15, 0.2) is 0 Å². The van der Waals surface area contributed by atoms with Gasteiger partial charge in [0.2, 0.25) is 10.0 Å². The van der Waals surface area contributed by atoms with Crippen LogP contribution in [-0.4, -0.2) is 88.1 Å². The number of nitrogens with one attached hydrogen (secondary N) is 1. The summed E-state index contributed by atoms with van der Waals surface area (Å²) in [5.41, 5.74) is 2.42. The number of carbonyl (C=O) groups excluding carboxylic acids is 1. The summed E-state index contributed by atoms with van der Waals surface area (Å²) in [6.45, 7) is 7.35. The number of methoxy groups -OCH3 is 1. The number of sulfonamides is 1. The molecule has 0 unspecified atom stereocenters. The van der Waals surface area contributed by atoms with Gasteiger partial charge < -0.3 is 24.3 Å². The van der Waals surface area contributed by atoms with Crippen LogP contribution in [0.2, 0.25) is 0 Å². The smallest absolute Gasteiger partial charge is 0.270 e. The third-order valence-corrected chi connectivity index (χ3v) is 8.33. The summed E-state index contributed by atoms with van der Waals surface area (Å²) in [5.74, 6) is 0.645. The number of hydrogen-bond acceptors (Lipinski definition) is 6. The lowest BCUT2D eigenvalue weighted by Crippen LogP contribution is -2.49. The van der Waals surface area contributed by atoms with Crippen molar-refractivity contribution < 1.29 is 22.7 Å². The van der Waals surface area contributed by atoms with Crippen molar-refractivity contribution in [3.63, 3.8) is 0 Å². The van der Waals surface area contributed by atoms with E-state index in [4.69, 9.17) is 9.47 Å². The first-order valence-corrected chi connectivity index (χ1v) is 12.2. The van der Waals surface area contributed by atoms with Crippen LogP contribution in [-0.2, 0) is 14.8 Å². The molecule has 10 heteroatoms. The van der Waals surface area contributed by atoms with Crippen molar-refractivity contribution in [1.29, 1.82) is 0 Å². The molecule has 1 amide bonds. The van der Waals surface area contributed by atoms with Gasteiger partial charge in [0.25, 0.3) is 5.91 Å². The van der Waals surface area contributed by atoms with Gasteiger partial charge in [-0.2, -0.15) is 4.31 Å². The van der Waals surface area contributed by atoms with E-state index in [0.29, 0.717) is 69.4 Å². The van der Waals surface area contributed by atoms with Crippen molar-refractivity contribution in [2.45, 2.75) is 18.7 Å². The zero-order chi connectivity index (χ0) is 22.9. The van der Waals surface area contributed by atoms with Gasteiger partial charge in [-0.1, -0.05) is 0 Å². The van der Waals surface area contributed by atoms with Gasteiger partial charge in [-0.05, 0) is 43.7 Å². The van der Waals surface area contributed by atoms with Crippen LogP contribution < -0.4 is 9.64 Å². The van der Waals surface area contributed by atoms with E-state index in [1.54, 1.807) is 25.9 Å². The quantitative estimate of drug-likeness (QED) is 0.726. The van der Waals surface area contributed by atoms with Gasteiger partial charge in [0.05, 0.1) is 20.3 Å². The van der Waals surface area contributed by atoms with E-state index < -0.39 is 10.0 Å². The van der Waals surface area contributed by atoms with Crippen molar-refractivity contribution in [3.05, 3.63) is 41.2 Å². The second-order valence-corrected chi connectivity index (χ2v) is 9.95. The second-order valence-electron chi connectivity index (χ2n) is 8.07. The fourth-order valence-corrected chi connectivity index (χ4v) is 6.18. The summed E-state index contributed by atoms with van der Waals surface area (Å²) in [6.07, 6.45) is 0. The Bertz CT molecular complexity index is 1070.